The second kappa shape index (κ2) is 14.4. The van der Waals surface area contributed by atoms with Crippen LogP contribution < -0.4 is 9.64 Å². The molecule has 0 amide bonds. The Hall–Kier alpha value is -5.21. The number of piperidine rings is 1. The highest BCUT2D eigenvalue weighted by atomic mass is 16.7. The van der Waals surface area contributed by atoms with Crippen LogP contribution in [0.2, 0.25) is 0 Å². The molecule has 10 atom stereocenters. The zero-order valence-corrected chi connectivity index (χ0v) is 38.5. The van der Waals surface area contributed by atoms with Crippen LogP contribution in [-0.2, 0) is 50.6 Å². The van der Waals surface area contributed by atoms with E-state index in [1.807, 2.05) is 38.2 Å². The third-order valence-electron chi connectivity index (χ3n) is 17.2. The van der Waals surface area contributed by atoms with Gasteiger partial charge in [-0.15, -0.1) is 0 Å². The molecule has 1 saturated carbocycles. The molecular weight excluding hydrogens is 825 g/mol. The molecule has 3 aromatic carbocycles. The van der Waals surface area contributed by atoms with Crippen LogP contribution in [0.5, 0.6) is 5.75 Å². The van der Waals surface area contributed by atoms with E-state index in [0.29, 0.717) is 82.6 Å². The first-order valence-corrected chi connectivity index (χ1v) is 23.4. The average molecular weight is 885 g/mol. The maximum absolute atomic E-state index is 15.6. The van der Waals surface area contributed by atoms with Crippen molar-refractivity contribution in [2.75, 3.05) is 66.0 Å². The van der Waals surface area contributed by atoms with Crippen LogP contribution in [0.25, 0.3) is 22.0 Å². The molecule has 2 N–H and O–H groups in total. The fourth-order valence-corrected chi connectivity index (χ4v) is 14.7. The molecule has 1 aromatic heterocycles. The number of rotatable bonds is 8. The van der Waals surface area contributed by atoms with E-state index in [9.17, 15) is 14.7 Å². The van der Waals surface area contributed by atoms with E-state index in [2.05, 4.69) is 75.2 Å². The summed E-state index contributed by atoms with van der Waals surface area (Å²) in [5.74, 6) is -1.14. The molecule has 2 bridgehead atoms. The number of aromatic amines is 1. The topological polar surface area (TPSA) is 146 Å². The van der Waals surface area contributed by atoms with Gasteiger partial charge in [0.15, 0.2) is 11.8 Å². The molecule has 7 heterocycles. The largest absolute Gasteiger partial charge is 0.496 e. The van der Waals surface area contributed by atoms with Gasteiger partial charge in [0.1, 0.15) is 11.2 Å². The van der Waals surface area contributed by atoms with Gasteiger partial charge in [-0.1, -0.05) is 62.4 Å². The Kier molecular flexibility index (Phi) is 9.40. The number of carbonyl (C=O) groups excluding carboxylic acids is 3. The number of hydrogen-bond acceptors (Lipinski definition) is 12. The fourth-order valence-electron chi connectivity index (χ4n) is 14.7. The highest BCUT2D eigenvalue weighted by Crippen LogP contribution is 2.80. The number of anilines is 1. The van der Waals surface area contributed by atoms with Crippen LogP contribution in [0.1, 0.15) is 75.3 Å². The van der Waals surface area contributed by atoms with E-state index in [1.54, 1.807) is 7.11 Å². The van der Waals surface area contributed by atoms with Gasteiger partial charge in [0.05, 0.1) is 32.3 Å². The van der Waals surface area contributed by atoms with Gasteiger partial charge in [0.25, 0.3) is 5.60 Å². The monoisotopic (exact) mass is 884 g/mol. The van der Waals surface area contributed by atoms with Crippen molar-refractivity contribution in [3.63, 3.8) is 0 Å². The van der Waals surface area contributed by atoms with Gasteiger partial charge in [-0.2, -0.15) is 0 Å². The number of aromatic nitrogens is 1. The van der Waals surface area contributed by atoms with Crippen LogP contribution in [-0.4, -0.2) is 128 Å². The number of benzene rings is 3. The molecule has 1 aliphatic carbocycles. The molecule has 342 valence electrons. The minimum Gasteiger partial charge on any atom is -0.496 e. The third kappa shape index (κ3) is 5.21. The first kappa shape index (κ1) is 42.4. The number of fused-ring (bicyclic) bond motifs is 6. The average Bonchev–Trinajstić information content (AvgIpc) is 3.56. The van der Waals surface area contributed by atoms with Crippen molar-refractivity contribution in [2.45, 2.75) is 99.2 Å². The van der Waals surface area contributed by atoms with Gasteiger partial charge < -0.3 is 38.7 Å². The standard InChI is InChI=1S/C52H60N4O9/c1-8-47(60)27-32-28-49(45(58)62-6,42-35(18-22-55(29-32)30-47)36-24-34(16-17-39(36)53-42)33-14-11-10-12-15-33)38-25-37-40(26-41(38)61-5)54(4)52-50(37)20-23-56-21-13-19-48(9-2,43(50)56)44(64-31(3)57)51(52,65-52)46(59)63-7/h10-17,19,24-26,32,43-44,53,60H,8-9,18,20-23,27-30H2,1-7H3/t32-,43+,44-,47+,48-,49+,50-,51+,52+/m1/s1. The highest BCUT2D eigenvalue weighted by Gasteiger charge is 2.98. The molecule has 0 radical (unpaired) electrons. The zero-order chi connectivity index (χ0) is 45.5. The summed E-state index contributed by atoms with van der Waals surface area (Å²) in [4.78, 5) is 54.2. The minimum absolute atomic E-state index is 0.105. The Morgan fingerprint density at radius 1 is 0.923 bits per heavy atom. The number of esters is 3. The lowest BCUT2D eigenvalue weighted by Gasteiger charge is -2.58. The molecule has 13 nitrogen and oxygen atoms in total. The SMILES string of the molecule is CC[C@]1(O)C[C@H]2CN(CCc3c([nH]c4ccc(-c5ccccc5)cc34)[C@@](C(=O)OC)(c3cc4c(cc3OC)N(C)[C@@]35O[C@]3(C(=O)OC)[C@H](OC(C)=O)[C@]3(CC)C=CCN6CC[C@]45[C@@H]63)C2)C1. The van der Waals surface area contributed by atoms with Gasteiger partial charge in [-0.05, 0) is 91.4 Å². The van der Waals surface area contributed by atoms with Gasteiger partial charge in [-0.25, -0.2) is 4.79 Å². The Morgan fingerprint density at radius 3 is 2.42 bits per heavy atom. The van der Waals surface area contributed by atoms with Crippen molar-refractivity contribution in [1.82, 2.24) is 14.8 Å². The maximum Gasteiger partial charge on any atom is 0.347 e. The van der Waals surface area contributed by atoms with Crippen molar-refractivity contribution in [3.8, 4) is 16.9 Å². The molecule has 2 spiro atoms. The lowest BCUT2D eigenvalue weighted by molar-refractivity contribution is -0.178. The normalized spacial score (nSPS) is 36.2. The number of aliphatic hydroxyl groups is 1. The van der Waals surface area contributed by atoms with E-state index in [4.69, 9.17) is 23.7 Å². The molecule has 6 aliphatic heterocycles. The van der Waals surface area contributed by atoms with Crippen molar-refractivity contribution in [2.24, 2.45) is 11.3 Å². The molecule has 13 heteroatoms. The van der Waals surface area contributed by atoms with Gasteiger partial charge in [0.2, 0.25) is 0 Å². The first-order valence-electron chi connectivity index (χ1n) is 23.4. The van der Waals surface area contributed by atoms with Gasteiger partial charge in [-0.3, -0.25) is 19.4 Å². The molecule has 4 aromatic rings. The number of epoxide rings is 1. The molecule has 1 unspecified atom stereocenters. The van der Waals surface area contributed by atoms with Gasteiger partial charge in [0, 0.05) is 85.5 Å². The van der Waals surface area contributed by atoms with Crippen LogP contribution in [0, 0.1) is 11.3 Å². The summed E-state index contributed by atoms with van der Waals surface area (Å²) < 4.78 is 31.7. The smallest absolute Gasteiger partial charge is 0.347 e. The first-order chi connectivity index (χ1) is 31.3. The number of methoxy groups -OCH3 is 3. The number of nitrogens with one attached hydrogen (secondary N) is 1. The Bertz CT molecular complexity index is 2680. The zero-order valence-electron chi connectivity index (χ0n) is 38.5. The van der Waals surface area contributed by atoms with E-state index in [-0.39, 0.29) is 12.0 Å². The molecule has 11 rings (SSSR count). The second-order valence-electron chi connectivity index (χ2n) is 19.9. The molecule has 3 saturated heterocycles. The van der Waals surface area contributed by atoms with Crippen LogP contribution in [0.3, 0.4) is 0 Å². The van der Waals surface area contributed by atoms with E-state index < -0.39 is 57.2 Å². The summed E-state index contributed by atoms with van der Waals surface area (Å²) in [5.41, 5.74) is 0.192. The summed E-state index contributed by atoms with van der Waals surface area (Å²) in [7, 11) is 6.40. The predicted molar refractivity (Wildman–Crippen MR) is 244 cm³/mol. The summed E-state index contributed by atoms with van der Waals surface area (Å²) in [5, 5.41) is 13.2. The maximum atomic E-state index is 15.6. The van der Waals surface area contributed by atoms with Crippen molar-refractivity contribution >= 4 is 34.5 Å². The number of hydrogen-bond donors (Lipinski definition) is 2. The molecule has 4 fully saturated rings. The Balaban J connectivity index is 1.21. The lowest BCUT2D eigenvalue weighted by atomic mass is 9.49. The van der Waals surface area contributed by atoms with Crippen LogP contribution in [0.15, 0.2) is 72.8 Å². The molecule has 65 heavy (non-hydrogen) atoms. The predicted octanol–water partition coefficient (Wildman–Crippen LogP) is 6.02. The summed E-state index contributed by atoms with van der Waals surface area (Å²) in [6, 6.07) is 20.7. The van der Waals surface area contributed by atoms with Crippen molar-refractivity contribution < 1.29 is 43.2 Å². The number of carbonyl (C=O) groups is 3. The van der Waals surface area contributed by atoms with Crippen LogP contribution >= 0.6 is 0 Å². The second-order valence-corrected chi connectivity index (χ2v) is 19.9. The summed E-state index contributed by atoms with van der Waals surface area (Å²) >= 11 is 0. The minimum atomic E-state index is -1.67. The third-order valence-corrected chi connectivity index (χ3v) is 17.2. The van der Waals surface area contributed by atoms with Crippen molar-refractivity contribution in [1.29, 1.82) is 0 Å². The summed E-state index contributed by atoms with van der Waals surface area (Å²) in [6.45, 7) is 8.84. The lowest BCUT2D eigenvalue weighted by Crippen LogP contribution is -2.75. The summed E-state index contributed by atoms with van der Waals surface area (Å²) in [6.07, 6.45) is 6.54. The van der Waals surface area contributed by atoms with Gasteiger partial charge >= 0.3 is 17.9 Å². The van der Waals surface area contributed by atoms with Crippen molar-refractivity contribution in [3.05, 3.63) is 95.2 Å². The number of nitrogens with zero attached hydrogens (tertiary/aromatic N) is 3. The highest BCUT2D eigenvalue weighted by molar-refractivity contribution is 5.97. The Morgan fingerprint density at radius 2 is 1.71 bits per heavy atom. The quantitative estimate of drug-likeness (QED) is 0.0924. The van der Waals surface area contributed by atoms with Crippen LogP contribution in [0.4, 0.5) is 5.69 Å². The van der Waals surface area contributed by atoms with E-state index in [0.717, 1.165) is 44.5 Å². The number of ether oxygens (including phenoxy) is 5. The Labute approximate surface area is 380 Å². The number of likely N-dealkylation sites (N-methyl/N-ethyl adjacent to an activating group) is 1. The molecular formula is C52H60N4O9. The van der Waals surface area contributed by atoms with E-state index in [1.165, 1.54) is 21.1 Å². The van der Waals surface area contributed by atoms with E-state index >= 15 is 4.79 Å². The molecule has 7 aliphatic rings. The number of H-pyrrole nitrogens is 1. The fraction of sp³-hybridized carbons (Fsp3) is 0.519.